The number of ether oxygens (including phenoxy) is 1. The molecule has 0 bridgehead atoms. The SMILES string of the molecule is CCCCCCCCCC=C(CCCCCCCCCCCC)C(=O)OC. The highest BCUT2D eigenvalue weighted by molar-refractivity contribution is 5.88. The summed E-state index contributed by atoms with van der Waals surface area (Å²) in [5.41, 5.74) is 0.906. The largest absolute Gasteiger partial charge is 0.466 e. The van der Waals surface area contributed by atoms with Crippen molar-refractivity contribution in [1.29, 1.82) is 0 Å². The van der Waals surface area contributed by atoms with Crippen molar-refractivity contribution in [2.75, 3.05) is 7.11 Å². The number of unbranched alkanes of at least 4 members (excludes halogenated alkanes) is 16. The van der Waals surface area contributed by atoms with Gasteiger partial charge in [0.15, 0.2) is 0 Å². The van der Waals surface area contributed by atoms with Gasteiger partial charge in [-0.05, 0) is 25.7 Å². The lowest BCUT2D eigenvalue weighted by Gasteiger charge is -2.06. The maximum absolute atomic E-state index is 12.0. The Balaban J connectivity index is 3.73. The van der Waals surface area contributed by atoms with E-state index in [9.17, 15) is 4.79 Å². The van der Waals surface area contributed by atoms with E-state index in [1.54, 1.807) is 0 Å². The van der Waals surface area contributed by atoms with Crippen molar-refractivity contribution in [1.82, 2.24) is 0 Å². The second kappa shape index (κ2) is 21.5. The summed E-state index contributed by atoms with van der Waals surface area (Å²) in [6, 6.07) is 0. The zero-order valence-corrected chi connectivity index (χ0v) is 18.8. The number of methoxy groups -OCH3 is 1. The molecule has 0 fully saturated rings. The van der Waals surface area contributed by atoms with Gasteiger partial charge in [-0.3, -0.25) is 0 Å². The van der Waals surface area contributed by atoms with Gasteiger partial charge in [-0.15, -0.1) is 0 Å². The average molecular weight is 381 g/mol. The van der Waals surface area contributed by atoms with E-state index in [1.165, 1.54) is 110 Å². The molecule has 0 aliphatic rings. The summed E-state index contributed by atoms with van der Waals surface area (Å²) < 4.78 is 4.97. The van der Waals surface area contributed by atoms with Gasteiger partial charge in [0, 0.05) is 5.57 Å². The van der Waals surface area contributed by atoms with Crippen LogP contribution in [0.25, 0.3) is 0 Å². The van der Waals surface area contributed by atoms with Gasteiger partial charge in [0.25, 0.3) is 0 Å². The second-order valence-electron chi connectivity index (χ2n) is 8.06. The third-order valence-corrected chi connectivity index (χ3v) is 5.45. The molecule has 0 aromatic heterocycles. The number of rotatable bonds is 20. The molecule has 0 heterocycles. The Hall–Kier alpha value is -0.790. The third kappa shape index (κ3) is 18.3. The van der Waals surface area contributed by atoms with Gasteiger partial charge in [-0.2, -0.15) is 0 Å². The summed E-state index contributed by atoms with van der Waals surface area (Å²) in [6.07, 6.45) is 26.6. The first-order valence-corrected chi connectivity index (χ1v) is 12.0. The normalized spacial score (nSPS) is 11.7. The van der Waals surface area contributed by atoms with Crippen LogP contribution in [0.4, 0.5) is 0 Å². The Kier molecular flexibility index (Phi) is 20.9. The molecule has 0 unspecified atom stereocenters. The molecule has 0 aromatic carbocycles. The van der Waals surface area contributed by atoms with Crippen LogP contribution in [0.3, 0.4) is 0 Å². The highest BCUT2D eigenvalue weighted by Gasteiger charge is 2.08. The first-order valence-electron chi connectivity index (χ1n) is 12.0. The molecular weight excluding hydrogens is 332 g/mol. The van der Waals surface area contributed by atoms with Crippen LogP contribution in [0.15, 0.2) is 11.6 Å². The predicted octanol–water partition coefficient (Wildman–Crippen LogP) is 8.54. The van der Waals surface area contributed by atoms with E-state index in [1.807, 2.05) is 0 Å². The number of esters is 1. The minimum atomic E-state index is -0.117. The van der Waals surface area contributed by atoms with E-state index in [0.717, 1.165) is 24.8 Å². The van der Waals surface area contributed by atoms with Crippen molar-refractivity contribution in [3.63, 3.8) is 0 Å². The summed E-state index contributed by atoms with van der Waals surface area (Å²) in [4.78, 5) is 12.0. The van der Waals surface area contributed by atoms with Gasteiger partial charge >= 0.3 is 5.97 Å². The lowest BCUT2D eigenvalue weighted by Crippen LogP contribution is -2.05. The van der Waals surface area contributed by atoms with Gasteiger partial charge in [-0.25, -0.2) is 4.79 Å². The third-order valence-electron chi connectivity index (χ3n) is 5.45. The smallest absolute Gasteiger partial charge is 0.333 e. The first kappa shape index (κ1) is 26.2. The van der Waals surface area contributed by atoms with Crippen LogP contribution in [0.2, 0.25) is 0 Å². The monoisotopic (exact) mass is 380 g/mol. The average Bonchev–Trinajstić information content (AvgIpc) is 2.69. The summed E-state index contributed by atoms with van der Waals surface area (Å²) in [5, 5.41) is 0. The van der Waals surface area contributed by atoms with Gasteiger partial charge in [-0.1, -0.05) is 116 Å². The molecule has 0 saturated carbocycles. The van der Waals surface area contributed by atoms with E-state index in [-0.39, 0.29) is 5.97 Å². The van der Waals surface area contributed by atoms with Crippen LogP contribution in [0.5, 0.6) is 0 Å². The number of carbonyl (C=O) groups excluding carboxylic acids is 1. The lowest BCUT2D eigenvalue weighted by molar-refractivity contribution is -0.136. The molecule has 2 heteroatoms. The maximum atomic E-state index is 12.0. The fourth-order valence-electron chi connectivity index (χ4n) is 3.60. The molecule has 0 radical (unpaired) electrons. The van der Waals surface area contributed by atoms with Gasteiger partial charge in [0.2, 0.25) is 0 Å². The van der Waals surface area contributed by atoms with E-state index >= 15 is 0 Å². The molecule has 0 aromatic rings. The number of allylic oxidation sites excluding steroid dienone is 1. The zero-order valence-electron chi connectivity index (χ0n) is 18.8. The van der Waals surface area contributed by atoms with E-state index in [4.69, 9.17) is 4.74 Å². The Morgan fingerprint density at radius 1 is 0.630 bits per heavy atom. The Labute approximate surface area is 170 Å². The van der Waals surface area contributed by atoms with Gasteiger partial charge < -0.3 is 4.74 Å². The molecule has 0 saturated heterocycles. The summed E-state index contributed by atoms with van der Waals surface area (Å²) in [7, 11) is 1.50. The zero-order chi connectivity index (χ0) is 20.0. The van der Waals surface area contributed by atoms with Gasteiger partial charge in [0.1, 0.15) is 0 Å². The molecule has 27 heavy (non-hydrogen) atoms. The van der Waals surface area contributed by atoms with Crippen LogP contribution in [-0.4, -0.2) is 13.1 Å². The van der Waals surface area contributed by atoms with E-state index in [2.05, 4.69) is 19.9 Å². The molecule has 160 valence electrons. The molecule has 0 aliphatic carbocycles. The maximum Gasteiger partial charge on any atom is 0.333 e. The summed E-state index contributed by atoms with van der Waals surface area (Å²) in [5.74, 6) is -0.117. The predicted molar refractivity (Wildman–Crippen MR) is 119 cm³/mol. The van der Waals surface area contributed by atoms with Gasteiger partial charge in [0.05, 0.1) is 7.11 Å². The van der Waals surface area contributed by atoms with E-state index in [0.29, 0.717) is 0 Å². The number of hydrogen-bond acceptors (Lipinski definition) is 2. The molecule has 0 spiro atoms. The van der Waals surface area contributed by atoms with Crippen molar-refractivity contribution < 1.29 is 9.53 Å². The number of carbonyl (C=O) groups is 1. The fraction of sp³-hybridized carbons (Fsp3) is 0.880. The van der Waals surface area contributed by atoms with E-state index < -0.39 is 0 Å². The Bertz CT molecular complexity index is 346. The summed E-state index contributed by atoms with van der Waals surface area (Å²) in [6.45, 7) is 4.53. The molecule has 0 N–H and O–H groups in total. The Morgan fingerprint density at radius 3 is 1.48 bits per heavy atom. The van der Waals surface area contributed by atoms with Crippen LogP contribution in [0, 0.1) is 0 Å². The number of hydrogen-bond donors (Lipinski definition) is 0. The fourth-order valence-corrected chi connectivity index (χ4v) is 3.60. The van der Waals surface area contributed by atoms with Crippen molar-refractivity contribution in [3.8, 4) is 0 Å². The molecule has 0 aliphatic heterocycles. The quantitative estimate of drug-likeness (QED) is 0.120. The topological polar surface area (TPSA) is 26.3 Å². The molecule has 2 nitrogen and oxygen atoms in total. The standard InChI is InChI=1S/C25H48O2/c1-4-6-8-10-12-14-15-17-19-21-23-24(25(26)27-3)22-20-18-16-13-11-9-7-5-2/h22H,4-21,23H2,1-3H3. The van der Waals surface area contributed by atoms with Crippen molar-refractivity contribution >= 4 is 5.97 Å². The highest BCUT2D eigenvalue weighted by Crippen LogP contribution is 2.16. The van der Waals surface area contributed by atoms with Crippen molar-refractivity contribution in [2.24, 2.45) is 0 Å². The minimum Gasteiger partial charge on any atom is -0.466 e. The highest BCUT2D eigenvalue weighted by atomic mass is 16.5. The molecule has 0 atom stereocenters. The molecule has 0 amide bonds. The Morgan fingerprint density at radius 2 is 1.04 bits per heavy atom. The lowest BCUT2D eigenvalue weighted by atomic mass is 10.0. The minimum absolute atomic E-state index is 0.117. The van der Waals surface area contributed by atoms with Crippen molar-refractivity contribution in [2.45, 2.75) is 136 Å². The van der Waals surface area contributed by atoms with Crippen molar-refractivity contribution in [3.05, 3.63) is 11.6 Å². The first-order chi connectivity index (χ1) is 13.3. The van der Waals surface area contributed by atoms with Crippen LogP contribution < -0.4 is 0 Å². The van der Waals surface area contributed by atoms with Crippen LogP contribution in [0.1, 0.15) is 136 Å². The summed E-state index contributed by atoms with van der Waals surface area (Å²) >= 11 is 0. The van der Waals surface area contributed by atoms with Crippen LogP contribution in [-0.2, 0) is 9.53 Å². The van der Waals surface area contributed by atoms with Crippen LogP contribution >= 0.6 is 0 Å². The molecule has 0 rings (SSSR count). The second-order valence-corrected chi connectivity index (χ2v) is 8.06. The molecular formula is C25H48O2.